The molecule has 5 rings (SSSR count). The molecule has 18 heteroatoms. The highest BCUT2D eigenvalue weighted by atomic mass is 32.2. The number of halogens is 3. The van der Waals surface area contributed by atoms with Crippen LogP contribution >= 0.6 is 0 Å². The monoisotopic (exact) mass is 702 g/mol. The molecule has 14 nitrogen and oxygen atoms in total. The van der Waals surface area contributed by atoms with Crippen molar-refractivity contribution in [2.75, 3.05) is 43.9 Å². The van der Waals surface area contributed by atoms with E-state index < -0.39 is 33.4 Å². The van der Waals surface area contributed by atoms with Gasteiger partial charge in [0.05, 0.1) is 24.3 Å². The minimum absolute atomic E-state index is 0.0419. The highest BCUT2D eigenvalue weighted by Gasteiger charge is 2.36. The first-order valence-corrected chi connectivity index (χ1v) is 16.9. The number of aromatic nitrogens is 6. The number of anilines is 2. The molecule has 1 aliphatic carbocycles. The second-order valence-electron chi connectivity index (χ2n) is 11.1. The van der Waals surface area contributed by atoms with Gasteiger partial charge >= 0.3 is 18.3 Å². The van der Waals surface area contributed by atoms with E-state index >= 15 is 0 Å². The Morgan fingerprint density at radius 2 is 1.63 bits per heavy atom. The van der Waals surface area contributed by atoms with Gasteiger partial charge in [0.15, 0.2) is 9.84 Å². The molecule has 1 aliphatic rings. The van der Waals surface area contributed by atoms with Crippen LogP contribution in [0.15, 0.2) is 60.3 Å². The lowest BCUT2D eigenvalue weighted by Crippen LogP contribution is -2.45. The average Bonchev–Trinajstić information content (AvgIpc) is 3.09. The van der Waals surface area contributed by atoms with Crippen molar-refractivity contribution in [3.63, 3.8) is 0 Å². The number of rotatable bonds is 11. The molecule has 0 saturated heterocycles. The van der Waals surface area contributed by atoms with Gasteiger partial charge in [-0.15, -0.1) is 0 Å². The Morgan fingerprint density at radius 3 is 2.24 bits per heavy atom. The third-order valence-corrected chi connectivity index (χ3v) is 8.83. The van der Waals surface area contributed by atoms with E-state index in [2.05, 4.69) is 35.2 Å². The number of ether oxygens (including phenoxy) is 3. The van der Waals surface area contributed by atoms with Gasteiger partial charge in [0.2, 0.25) is 5.95 Å². The molecule has 4 aromatic heterocycles. The standard InChI is InChI=1S/C31H33F3N8O6S/c1-46-10-11-48-30(43)42(26-9-4-19(14-36-26)21-15-38-29(47-2)39-16-21)23-7-5-22(6-8-23)40-28-37-18-25(31(32,33)34)27(41-28)20-12-24(17-35-13-20)49(3,44)45/h4,9,12-18,22-23H,5-8,10-11H2,1-3H3,(H,37,40,41). The summed E-state index contributed by atoms with van der Waals surface area (Å²) < 4.78 is 81.3. The third-order valence-electron chi connectivity index (χ3n) is 7.75. The van der Waals surface area contributed by atoms with E-state index in [0.29, 0.717) is 43.3 Å². The van der Waals surface area contributed by atoms with Gasteiger partial charge in [0.25, 0.3) is 0 Å². The zero-order valence-corrected chi connectivity index (χ0v) is 27.5. The number of nitrogens with one attached hydrogen (secondary N) is 1. The van der Waals surface area contributed by atoms with Crippen LogP contribution in [-0.2, 0) is 25.5 Å². The Bertz CT molecular complexity index is 1860. The quantitative estimate of drug-likeness (QED) is 0.211. The first kappa shape index (κ1) is 35.3. The zero-order valence-electron chi connectivity index (χ0n) is 26.7. The number of alkyl halides is 3. The maximum Gasteiger partial charge on any atom is 0.419 e. The number of methoxy groups -OCH3 is 2. The van der Waals surface area contributed by atoms with Gasteiger partial charge in [-0.1, -0.05) is 0 Å². The average molecular weight is 703 g/mol. The largest absolute Gasteiger partial charge is 0.467 e. The Balaban J connectivity index is 1.33. The van der Waals surface area contributed by atoms with Crippen LogP contribution in [0.1, 0.15) is 31.2 Å². The van der Waals surface area contributed by atoms with Crippen molar-refractivity contribution < 1.29 is 40.6 Å². The lowest BCUT2D eigenvalue weighted by atomic mass is 9.90. The summed E-state index contributed by atoms with van der Waals surface area (Å²) in [6.45, 7) is 0.254. The predicted octanol–water partition coefficient (Wildman–Crippen LogP) is 4.83. The Kier molecular flexibility index (Phi) is 10.9. The number of hydrogen-bond acceptors (Lipinski definition) is 13. The first-order valence-electron chi connectivity index (χ1n) is 15.0. The molecule has 0 spiro atoms. The zero-order chi connectivity index (χ0) is 35.2. The van der Waals surface area contributed by atoms with E-state index in [1.807, 2.05) is 0 Å². The van der Waals surface area contributed by atoms with Crippen molar-refractivity contribution >= 4 is 27.7 Å². The first-order chi connectivity index (χ1) is 23.4. The van der Waals surface area contributed by atoms with Crippen LogP contribution in [0.5, 0.6) is 6.01 Å². The van der Waals surface area contributed by atoms with Crippen molar-refractivity contribution in [2.45, 2.75) is 48.8 Å². The molecule has 1 amide bonds. The normalized spacial score (nSPS) is 16.5. The number of carbonyl (C=O) groups excluding carboxylic acids is 1. The summed E-state index contributed by atoms with van der Waals surface area (Å²) in [6, 6.07) is 4.28. The van der Waals surface area contributed by atoms with E-state index in [0.717, 1.165) is 30.3 Å². The molecule has 0 radical (unpaired) electrons. The molecule has 4 aromatic rings. The lowest BCUT2D eigenvalue weighted by molar-refractivity contribution is -0.137. The molecule has 260 valence electrons. The number of carbonyl (C=O) groups is 1. The Morgan fingerprint density at radius 1 is 0.918 bits per heavy atom. The smallest absolute Gasteiger partial charge is 0.419 e. The highest BCUT2D eigenvalue weighted by molar-refractivity contribution is 7.90. The predicted molar refractivity (Wildman–Crippen MR) is 171 cm³/mol. The molecule has 0 aliphatic heterocycles. The molecule has 0 atom stereocenters. The Labute approximate surface area is 280 Å². The van der Waals surface area contributed by atoms with E-state index in [4.69, 9.17) is 14.2 Å². The van der Waals surface area contributed by atoms with Crippen molar-refractivity contribution in [1.29, 1.82) is 0 Å². The van der Waals surface area contributed by atoms with Crippen LogP contribution in [0, 0.1) is 0 Å². The number of pyridine rings is 2. The summed E-state index contributed by atoms with van der Waals surface area (Å²) in [6.07, 6.45) is 5.20. The maximum absolute atomic E-state index is 13.9. The molecule has 49 heavy (non-hydrogen) atoms. The topological polar surface area (TPSA) is 172 Å². The van der Waals surface area contributed by atoms with Gasteiger partial charge < -0.3 is 19.5 Å². The summed E-state index contributed by atoms with van der Waals surface area (Å²) in [5.74, 6) is 0.310. The van der Waals surface area contributed by atoms with Gasteiger partial charge in [-0.2, -0.15) is 13.2 Å². The number of amides is 1. The fourth-order valence-corrected chi connectivity index (χ4v) is 5.87. The van der Waals surface area contributed by atoms with Crippen molar-refractivity contribution in [1.82, 2.24) is 29.9 Å². The molecule has 1 saturated carbocycles. The summed E-state index contributed by atoms with van der Waals surface area (Å²) >= 11 is 0. The molecule has 0 aromatic carbocycles. The summed E-state index contributed by atoms with van der Waals surface area (Å²) in [5.41, 5.74) is -0.326. The van der Waals surface area contributed by atoms with E-state index in [9.17, 15) is 26.4 Å². The van der Waals surface area contributed by atoms with Crippen LogP contribution < -0.4 is 15.0 Å². The minimum Gasteiger partial charge on any atom is -0.467 e. The number of sulfone groups is 1. The van der Waals surface area contributed by atoms with Crippen LogP contribution in [-0.4, -0.2) is 90.2 Å². The second kappa shape index (κ2) is 15.1. The molecule has 1 fully saturated rings. The van der Waals surface area contributed by atoms with Gasteiger partial charge in [-0.25, -0.2) is 38.1 Å². The Hall–Kier alpha value is -4.97. The van der Waals surface area contributed by atoms with Crippen LogP contribution in [0.25, 0.3) is 22.4 Å². The lowest BCUT2D eigenvalue weighted by Gasteiger charge is -2.36. The number of nitrogens with zero attached hydrogens (tertiary/aromatic N) is 7. The van der Waals surface area contributed by atoms with Crippen molar-refractivity contribution in [3.05, 3.63) is 60.9 Å². The van der Waals surface area contributed by atoms with Crippen molar-refractivity contribution in [3.8, 4) is 28.4 Å². The van der Waals surface area contributed by atoms with Crippen LogP contribution in [0.3, 0.4) is 0 Å². The molecular formula is C31H33F3N8O6S. The number of hydrogen-bond donors (Lipinski definition) is 1. The summed E-state index contributed by atoms with van der Waals surface area (Å²) in [4.78, 5) is 39.2. The van der Waals surface area contributed by atoms with Gasteiger partial charge in [0.1, 0.15) is 18.0 Å². The van der Waals surface area contributed by atoms with E-state index in [1.165, 1.54) is 19.1 Å². The fraction of sp³-hybridized carbons (Fsp3) is 0.387. The van der Waals surface area contributed by atoms with Crippen molar-refractivity contribution in [2.24, 2.45) is 0 Å². The van der Waals surface area contributed by atoms with Gasteiger partial charge in [-0.05, 0) is 43.9 Å². The van der Waals surface area contributed by atoms with Gasteiger partial charge in [0, 0.05) is 79.3 Å². The molecule has 0 unspecified atom stereocenters. The second-order valence-corrected chi connectivity index (χ2v) is 13.1. The minimum atomic E-state index is -4.80. The molecular weight excluding hydrogens is 669 g/mol. The highest BCUT2D eigenvalue weighted by Crippen LogP contribution is 2.37. The van der Waals surface area contributed by atoms with Gasteiger partial charge in [-0.3, -0.25) is 9.88 Å². The maximum atomic E-state index is 13.9. The van der Waals surface area contributed by atoms with Crippen LogP contribution in [0.4, 0.5) is 29.7 Å². The molecule has 4 heterocycles. The van der Waals surface area contributed by atoms with Crippen LogP contribution in [0.2, 0.25) is 0 Å². The van der Waals surface area contributed by atoms with E-state index in [-0.39, 0.29) is 47.7 Å². The molecule has 1 N–H and O–H groups in total. The third kappa shape index (κ3) is 8.74. The molecule has 0 bridgehead atoms. The fourth-order valence-electron chi connectivity index (χ4n) is 5.27. The summed E-state index contributed by atoms with van der Waals surface area (Å²) in [7, 11) is -0.772. The van der Waals surface area contributed by atoms with E-state index in [1.54, 1.807) is 30.7 Å². The summed E-state index contributed by atoms with van der Waals surface area (Å²) in [5, 5.41) is 3.10. The SMILES string of the molecule is COCCOC(=O)N(c1ccc(-c2cnc(OC)nc2)cn1)C1CCC(Nc2ncc(C(F)(F)F)c(-c3cncc(S(C)(=O)=O)c3)n2)CC1.